The van der Waals surface area contributed by atoms with Crippen molar-refractivity contribution < 1.29 is 14.3 Å². The van der Waals surface area contributed by atoms with Gasteiger partial charge in [0.1, 0.15) is 0 Å². The highest BCUT2D eigenvalue weighted by Gasteiger charge is 2.19. The van der Waals surface area contributed by atoms with Gasteiger partial charge in [0.15, 0.2) is 6.10 Å². The first-order chi connectivity index (χ1) is 11.6. The third-order valence-electron chi connectivity index (χ3n) is 3.68. The molecule has 0 saturated heterocycles. The average molecular weight is 319 g/mol. The van der Waals surface area contributed by atoms with E-state index in [4.69, 9.17) is 4.74 Å². The normalized spacial score (nSPS) is 11.7. The molecule has 0 bridgehead atoms. The van der Waals surface area contributed by atoms with Crippen LogP contribution in [0.3, 0.4) is 0 Å². The van der Waals surface area contributed by atoms with E-state index in [-0.39, 0.29) is 5.91 Å². The topological polar surface area (TPSA) is 55.4 Å². The minimum Gasteiger partial charge on any atom is -0.449 e. The fourth-order valence-corrected chi connectivity index (χ4v) is 2.36. The molecule has 3 aromatic rings. The number of carbonyl (C=O) groups excluding carboxylic acids is 2. The van der Waals surface area contributed by atoms with Crippen LogP contribution in [-0.2, 0) is 9.53 Å². The molecule has 0 heterocycles. The predicted octanol–water partition coefficient (Wildman–Crippen LogP) is 4.02. The predicted molar refractivity (Wildman–Crippen MR) is 93.9 cm³/mol. The van der Waals surface area contributed by atoms with Gasteiger partial charge in [0.2, 0.25) is 0 Å². The number of anilines is 1. The molecular formula is C20H17NO3. The van der Waals surface area contributed by atoms with Crippen LogP contribution in [0.2, 0.25) is 0 Å². The summed E-state index contributed by atoms with van der Waals surface area (Å²) in [5.74, 6) is -0.883. The van der Waals surface area contributed by atoms with Crippen molar-refractivity contribution in [2.45, 2.75) is 13.0 Å². The van der Waals surface area contributed by atoms with Gasteiger partial charge >= 0.3 is 5.97 Å². The van der Waals surface area contributed by atoms with Crippen molar-refractivity contribution in [1.82, 2.24) is 0 Å². The molecule has 0 aromatic heterocycles. The third-order valence-corrected chi connectivity index (χ3v) is 3.68. The molecular weight excluding hydrogens is 302 g/mol. The molecule has 0 fully saturated rings. The van der Waals surface area contributed by atoms with Crippen molar-refractivity contribution in [2.24, 2.45) is 0 Å². The van der Waals surface area contributed by atoms with Crippen LogP contribution < -0.4 is 5.32 Å². The first kappa shape index (κ1) is 15.7. The number of nitrogens with one attached hydrogen (secondary N) is 1. The second kappa shape index (κ2) is 6.96. The molecule has 0 aliphatic rings. The molecule has 0 aliphatic carbocycles. The summed E-state index contributed by atoms with van der Waals surface area (Å²) >= 11 is 0. The average Bonchev–Trinajstić information content (AvgIpc) is 2.62. The van der Waals surface area contributed by atoms with Gasteiger partial charge in [0, 0.05) is 5.69 Å². The van der Waals surface area contributed by atoms with E-state index in [9.17, 15) is 9.59 Å². The maximum atomic E-state index is 12.3. The summed E-state index contributed by atoms with van der Waals surface area (Å²) < 4.78 is 5.27. The quantitative estimate of drug-likeness (QED) is 0.739. The van der Waals surface area contributed by atoms with Crippen molar-refractivity contribution in [3.63, 3.8) is 0 Å². The summed E-state index contributed by atoms with van der Waals surface area (Å²) in [7, 11) is 0. The van der Waals surface area contributed by atoms with Gasteiger partial charge in [-0.25, -0.2) is 4.79 Å². The lowest BCUT2D eigenvalue weighted by Gasteiger charge is -2.13. The molecule has 0 saturated carbocycles. The number of hydrogen-bond acceptors (Lipinski definition) is 3. The largest absolute Gasteiger partial charge is 0.449 e. The lowest BCUT2D eigenvalue weighted by Crippen LogP contribution is -2.29. The molecule has 120 valence electrons. The minimum absolute atomic E-state index is 0.365. The van der Waals surface area contributed by atoms with E-state index in [0.29, 0.717) is 11.3 Å². The fraction of sp³-hybridized carbons (Fsp3) is 0.100. The van der Waals surface area contributed by atoms with E-state index in [1.807, 2.05) is 48.5 Å². The standard InChI is InChI=1S/C20H17NO3/c1-14(19(22)21-18-9-3-2-4-10-18)24-20(23)17-12-11-15-7-5-6-8-16(15)13-17/h2-14H,1H3,(H,21,22)/t14-/m1/s1. The van der Waals surface area contributed by atoms with Gasteiger partial charge in [-0.3, -0.25) is 4.79 Å². The molecule has 0 unspecified atom stereocenters. The van der Waals surface area contributed by atoms with E-state index in [1.54, 1.807) is 31.2 Å². The highest BCUT2D eigenvalue weighted by molar-refractivity contribution is 5.99. The summed E-state index contributed by atoms with van der Waals surface area (Å²) in [6.07, 6.45) is -0.885. The zero-order chi connectivity index (χ0) is 16.9. The highest BCUT2D eigenvalue weighted by atomic mass is 16.5. The zero-order valence-electron chi connectivity index (χ0n) is 13.2. The smallest absolute Gasteiger partial charge is 0.338 e. The molecule has 0 aliphatic heterocycles. The Labute approximate surface area is 140 Å². The number of amides is 1. The lowest BCUT2D eigenvalue weighted by molar-refractivity contribution is -0.123. The van der Waals surface area contributed by atoms with Gasteiger partial charge in [-0.1, -0.05) is 48.5 Å². The van der Waals surface area contributed by atoms with Crippen molar-refractivity contribution >= 4 is 28.3 Å². The Morgan fingerprint density at radius 3 is 2.29 bits per heavy atom. The monoisotopic (exact) mass is 319 g/mol. The highest BCUT2D eigenvalue weighted by Crippen LogP contribution is 2.17. The maximum absolute atomic E-state index is 12.3. The molecule has 1 atom stereocenters. The molecule has 3 rings (SSSR count). The number of carbonyl (C=O) groups is 2. The van der Waals surface area contributed by atoms with Crippen molar-refractivity contribution in [3.8, 4) is 0 Å². The first-order valence-electron chi connectivity index (χ1n) is 7.69. The van der Waals surface area contributed by atoms with Crippen LogP contribution >= 0.6 is 0 Å². The number of fused-ring (bicyclic) bond motifs is 1. The molecule has 3 aromatic carbocycles. The van der Waals surface area contributed by atoms with E-state index in [2.05, 4.69) is 5.32 Å². The maximum Gasteiger partial charge on any atom is 0.338 e. The second-order valence-electron chi connectivity index (χ2n) is 5.46. The molecule has 0 radical (unpaired) electrons. The Balaban J connectivity index is 1.67. The van der Waals surface area contributed by atoms with Crippen LogP contribution in [0.15, 0.2) is 72.8 Å². The van der Waals surface area contributed by atoms with Crippen LogP contribution in [-0.4, -0.2) is 18.0 Å². The summed E-state index contributed by atoms with van der Waals surface area (Å²) in [5, 5.41) is 4.71. The fourth-order valence-electron chi connectivity index (χ4n) is 2.36. The van der Waals surface area contributed by atoms with Gasteiger partial charge < -0.3 is 10.1 Å². The van der Waals surface area contributed by atoms with Gasteiger partial charge in [0.25, 0.3) is 5.91 Å². The summed E-state index contributed by atoms with van der Waals surface area (Å²) in [5.41, 5.74) is 1.09. The van der Waals surface area contributed by atoms with Crippen LogP contribution in [0.5, 0.6) is 0 Å². The third kappa shape index (κ3) is 3.60. The number of rotatable bonds is 4. The number of para-hydroxylation sites is 1. The molecule has 1 N–H and O–H groups in total. The van der Waals surface area contributed by atoms with Gasteiger partial charge in [-0.2, -0.15) is 0 Å². The number of esters is 1. The van der Waals surface area contributed by atoms with Crippen LogP contribution in [0, 0.1) is 0 Å². The Bertz CT molecular complexity index is 874. The van der Waals surface area contributed by atoms with Gasteiger partial charge in [-0.15, -0.1) is 0 Å². The van der Waals surface area contributed by atoms with E-state index < -0.39 is 12.1 Å². The summed E-state index contributed by atoms with van der Waals surface area (Å²) in [4.78, 5) is 24.4. The van der Waals surface area contributed by atoms with Crippen LogP contribution in [0.1, 0.15) is 17.3 Å². The van der Waals surface area contributed by atoms with Crippen molar-refractivity contribution in [3.05, 3.63) is 78.4 Å². The van der Waals surface area contributed by atoms with Gasteiger partial charge in [-0.05, 0) is 42.0 Å². The van der Waals surface area contributed by atoms with Crippen LogP contribution in [0.25, 0.3) is 10.8 Å². The lowest BCUT2D eigenvalue weighted by atomic mass is 10.1. The molecule has 4 nitrogen and oxygen atoms in total. The van der Waals surface area contributed by atoms with E-state index in [1.165, 1.54) is 0 Å². The zero-order valence-corrected chi connectivity index (χ0v) is 13.2. The molecule has 24 heavy (non-hydrogen) atoms. The Hall–Kier alpha value is -3.14. The summed E-state index contributed by atoms with van der Waals surface area (Å²) in [6.45, 7) is 1.55. The molecule has 1 amide bonds. The van der Waals surface area contributed by atoms with Crippen molar-refractivity contribution in [1.29, 1.82) is 0 Å². The van der Waals surface area contributed by atoms with Crippen molar-refractivity contribution in [2.75, 3.05) is 5.32 Å². The Kier molecular flexibility index (Phi) is 4.57. The first-order valence-corrected chi connectivity index (χ1v) is 7.69. The Morgan fingerprint density at radius 1 is 0.875 bits per heavy atom. The molecule has 0 spiro atoms. The number of hydrogen-bond donors (Lipinski definition) is 1. The van der Waals surface area contributed by atoms with Crippen LogP contribution in [0.4, 0.5) is 5.69 Å². The number of benzene rings is 3. The molecule has 4 heteroatoms. The SMILES string of the molecule is C[C@@H](OC(=O)c1ccc2ccccc2c1)C(=O)Nc1ccccc1. The van der Waals surface area contributed by atoms with E-state index >= 15 is 0 Å². The minimum atomic E-state index is -0.885. The number of ether oxygens (including phenoxy) is 1. The Morgan fingerprint density at radius 2 is 1.54 bits per heavy atom. The van der Waals surface area contributed by atoms with E-state index in [0.717, 1.165) is 10.8 Å². The van der Waals surface area contributed by atoms with Gasteiger partial charge in [0.05, 0.1) is 5.56 Å². The second-order valence-corrected chi connectivity index (χ2v) is 5.46. The summed E-state index contributed by atoms with van der Waals surface area (Å²) in [6, 6.07) is 22.1.